The number of nitrogens with one attached hydrogen (secondary N) is 2. The first kappa shape index (κ1) is 17.2. The van der Waals surface area contributed by atoms with Crippen molar-refractivity contribution in [2.24, 2.45) is 7.05 Å². The molecule has 0 aliphatic heterocycles. The highest BCUT2D eigenvalue weighted by Gasteiger charge is 2.15. The zero-order chi connectivity index (χ0) is 19.1. The van der Waals surface area contributed by atoms with Crippen LogP contribution >= 0.6 is 11.8 Å². The average Bonchev–Trinajstić information content (AvgIpc) is 3.15. The Bertz CT molecular complexity index is 1250. The van der Waals surface area contributed by atoms with Crippen LogP contribution in [-0.2, 0) is 12.8 Å². The van der Waals surface area contributed by atoms with Gasteiger partial charge in [-0.2, -0.15) is 4.68 Å². The van der Waals surface area contributed by atoms with Gasteiger partial charge in [-0.3, -0.25) is 14.7 Å². The molecular formula is C16H16N8O2S. The van der Waals surface area contributed by atoms with Gasteiger partial charge in [0.15, 0.2) is 10.6 Å². The van der Waals surface area contributed by atoms with E-state index in [2.05, 4.69) is 30.2 Å². The van der Waals surface area contributed by atoms with Gasteiger partial charge in [-0.15, -0.1) is 10.2 Å². The summed E-state index contributed by atoms with van der Waals surface area (Å²) in [5, 5.41) is 11.5. The fourth-order valence-corrected chi connectivity index (χ4v) is 3.55. The minimum absolute atomic E-state index is 0.0465. The molecule has 0 radical (unpaired) electrons. The third-order valence-corrected chi connectivity index (χ3v) is 5.01. The minimum Gasteiger partial charge on any atom is -0.343 e. The van der Waals surface area contributed by atoms with E-state index in [0.717, 1.165) is 16.5 Å². The van der Waals surface area contributed by atoms with Gasteiger partial charge < -0.3 is 9.55 Å². The summed E-state index contributed by atoms with van der Waals surface area (Å²) >= 11 is 1.43. The van der Waals surface area contributed by atoms with E-state index >= 15 is 0 Å². The van der Waals surface area contributed by atoms with Gasteiger partial charge in [-0.25, -0.2) is 9.97 Å². The van der Waals surface area contributed by atoms with Crippen LogP contribution in [0.5, 0.6) is 0 Å². The number of nitrogens with zero attached hydrogens (tertiary/aromatic N) is 6. The van der Waals surface area contributed by atoms with Crippen LogP contribution in [0.2, 0.25) is 0 Å². The molecule has 0 bridgehead atoms. The van der Waals surface area contributed by atoms with Crippen LogP contribution in [0.25, 0.3) is 17.0 Å². The lowest BCUT2D eigenvalue weighted by Crippen LogP contribution is -2.20. The number of aryl methyl sites for hydroxylation is 3. The van der Waals surface area contributed by atoms with Gasteiger partial charge in [-0.1, -0.05) is 11.8 Å². The number of rotatable bonds is 4. The zero-order valence-corrected chi connectivity index (χ0v) is 15.7. The van der Waals surface area contributed by atoms with Crippen molar-refractivity contribution in [3.63, 3.8) is 0 Å². The van der Waals surface area contributed by atoms with E-state index in [1.807, 2.05) is 27.0 Å². The summed E-state index contributed by atoms with van der Waals surface area (Å²) in [7, 11) is 1.84. The molecular weight excluding hydrogens is 368 g/mol. The molecule has 2 N–H and O–H groups in total. The SMILES string of the molecule is Cc1cc(C)nc(-n2[nH]c3[nH]c(CSc4nncn4C)cc(=O)c3c2=O)n1. The molecule has 0 aromatic carbocycles. The first-order valence-corrected chi connectivity index (χ1v) is 9.07. The van der Waals surface area contributed by atoms with E-state index in [1.54, 1.807) is 10.9 Å². The minimum atomic E-state index is -0.483. The summed E-state index contributed by atoms with van der Waals surface area (Å²) in [6, 6.07) is 3.23. The molecule has 0 saturated heterocycles. The molecule has 4 aromatic rings. The van der Waals surface area contributed by atoms with Crippen molar-refractivity contribution in [2.45, 2.75) is 24.8 Å². The molecule has 0 spiro atoms. The highest BCUT2D eigenvalue weighted by atomic mass is 32.2. The molecule has 0 fully saturated rings. The number of fused-ring (bicyclic) bond motifs is 1. The Labute approximate surface area is 156 Å². The summed E-state index contributed by atoms with van der Waals surface area (Å²) in [6.07, 6.45) is 1.61. The van der Waals surface area contributed by atoms with Gasteiger partial charge in [0.05, 0.1) is 0 Å². The van der Waals surface area contributed by atoms with E-state index < -0.39 is 5.56 Å². The number of hydrogen-bond acceptors (Lipinski definition) is 7. The monoisotopic (exact) mass is 384 g/mol. The Kier molecular flexibility index (Phi) is 4.15. The van der Waals surface area contributed by atoms with Gasteiger partial charge >= 0.3 is 0 Å². The topological polar surface area (TPSA) is 127 Å². The second-order valence-corrected chi connectivity index (χ2v) is 7.07. The van der Waals surface area contributed by atoms with Gasteiger partial charge in [0.25, 0.3) is 11.5 Å². The molecule has 10 nitrogen and oxygen atoms in total. The van der Waals surface area contributed by atoms with Crippen LogP contribution in [0.3, 0.4) is 0 Å². The molecule has 4 rings (SSSR count). The van der Waals surface area contributed by atoms with Crippen LogP contribution in [-0.4, -0.2) is 39.5 Å². The normalized spacial score (nSPS) is 11.4. The van der Waals surface area contributed by atoms with Gasteiger partial charge in [0.2, 0.25) is 0 Å². The molecule has 0 saturated carbocycles. The number of aromatic amines is 2. The Morgan fingerprint density at radius 3 is 2.56 bits per heavy atom. The zero-order valence-electron chi connectivity index (χ0n) is 14.8. The van der Waals surface area contributed by atoms with Crippen LogP contribution in [0.4, 0.5) is 0 Å². The molecule has 4 heterocycles. The van der Waals surface area contributed by atoms with Crippen molar-refractivity contribution in [3.05, 3.63) is 56.1 Å². The third kappa shape index (κ3) is 3.16. The van der Waals surface area contributed by atoms with Crippen molar-refractivity contribution < 1.29 is 0 Å². The van der Waals surface area contributed by atoms with Gasteiger partial charge in [0.1, 0.15) is 17.4 Å². The number of H-pyrrole nitrogens is 2. The van der Waals surface area contributed by atoms with Crippen molar-refractivity contribution >= 4 is 22.8 Å². The summed E-state index contributed by atoms with van der Waals surface area (Å²) in [4.78, 5) is 36.8. The number of hydrogen-bond donors (Lipinski definition) is 2. The Morgan fingerprint density at radius 1 is 1.15 bits per heavy atom. The van der Waals surface area contributed by atoms with Crippen LogP contribution in [0.15, 0.2) is 33.2 Å². The molecule has 27 heavy (non-hydrogen) atoms. The first-order valence-electron chi connectivity index (χ1n) is 8.09. The molecule has 0 unspecified atom stereocenters. The second kappa shape index (κ2) is 6.50. The molecule has 0 atom stereocenters. The predicted octanol–water partition coefficient (Wildman–Crippen LogP) is 0.835. The fraction of sp³-hybridized carbons (Fsp3) is 0.250. The fourth-order valence-electron chi connectivity index (χ4n) is 2.75. The number of pyridine rings is 1. The van der Waals surface area contributed by atoms with Crippen molar-refractivity contribution in [3.8, 4) is 5.95 Å². The van der Waals surface area contributed by atoms with Crippen molar-refractivity contribution in [1.29, 1.82) is 0 Å². The standard InChI is InChI=1S/C16H16N8O2S/c1-8-4-9(2)19-15(18-8)24-14(26)12-11(25)5-10(20-13(12)22-24)6-27-16-21-17-7-23(16)3/h4-5,7H,6H2,1-3H3,(H2,20,22,25). The van der Waals surface area contributed by atoms with Crippen molar-refractivity contribution in [2.75, 3.05) is 0 Å². The molecule has 4 aromatic heterocycles. The number of aromatic nitrogens is 8. The Morgan fingerprint density at radius 2 is 1.89 bits per heavy atom. The van der Waals surface area contributed by atoms with Crippen LogP contribution in [0.1, 0.15) is 17.1 Å². The molecule has 11 heteroatoms. The second-order valence-electron chi connectivity index (χ2n) is 6.12. The summed E-state index contributed by atoms with van der Waals surface area (Å²) in [5.74, 6) is 0.682. The summed E-state index contributed by atoms with van der Waals surface area (Å²) in [5.41, 5.74) is 1.62. The predicted molar refractivity (Wildman–Crippen MR) is 100 cm³/mol. The highest BCUT2D eigenvalue weighted by Crippen LogP contribution is 2.18. The maximum absolute atomic E-state index is 12.7. The van der Waals surface area contributed by atoms with E-state index in [-0.39, 0.29) is 16.8 Å². The lowest BCUT2D eigenvalue weighted by Gasteiger charge is -2.02. The largest absolute Gasteiger partial charge is 0.343 e. The van der Waals surface area contributed by atoms with Gasteiger partial charge in [0, 0.05) is 35.9 Å². The third-order valence-electron chi connectivity index (χ3n) is 3.92. The molecule has 0 aliphatic carbocycles. The lowest BCUT2D eigenvalue weighted by molar-refractivity contribution is 0.777. The van der Waals surface area contributed by atoms with Gasteiger partial charge in [-0.05, 0) is 19.9 Å². The molecule has 138 valence electrons. The van der Waals surface area contributed by atoms with E-state index in [4.69, 9.17) is 0 Å². The summed E-state index contributed by atoms with van der Waals surface area (Å²) < 4.78 is 2.97. The van der Waals surface area contributed by atoms with Crippen LogP contribution < -0.4 is 11.0 Å². The lowest BCUT2D eigenvalue weighted by atomic mass is 10.3. The number of thioether (sulfide) groups is 1. The van der Waals surface area contributed by atoms with Crippen LogP contribution in [0, 0.1) is 13.8 Å². The Balaban J connectivity index is 1.76. The highest BCUT2D eigenvalue weighted by molar-refractivity contribution is 7.98. The van der Waals surface area contributed by atoms with Crippen molar-refractivity contribution in [1.82, 2.24) is 39.5 Å². The average molecular weight is 384 g/mol. The quantitative estimate of drug-likeness (QED) is 0.499. The van der Waals surface area contributed by atoms with E-state index in [1.165, 1.54) is 22.5 Å². The smallest absolute Gasteiger partial charge is 0.287 e. The Hall–Kier alpha value is -3.21. The maximum atomic E-state index is 12.7. The molecule has 0 aliphatic rings. The first-order chi connectivity index (χ1) is 12.9. The van der Waals surface area contributed by atoms with E-state index in [0.29, 0.717) is 17.1 Å². The summed E-state index contributed by atoms with van der Waals surface area (Å²) in [6.45, 7) is 3.64. The molecule has 0 amide bonds. The maximum Gasteiger partial charge on any atom is 0.287 e. The van der Waals surface area contributed by atoms with E-state index in [9.17, 15) is 9.59 Å².